The number of carbonyl (C=O) groups excluding carboxylic acids is 1. The van der Waals surface area contributed by atoms with E-state index in [-0.39, 0.29) is 12.0 Å². The van der Waals surface area contributed by atoms with E-state index < -0.39 is 0 Å². The number of aromatic nitrogens is 1. The minimum atomic E-state index is -0.356. The Balaban J connectivity index is 1.84. The number of amides is 1. The third-order valence-corrected chi connectivity index (χ3v) is 3.18. The van der Waals surface area contributed by atoms with E-state index in [4.69, 9.17) is 5.73 Å². The highest BCUT2D eigenvalue weighted by Gasteiger charge is 2.34. The highest BCUT2D eigenvalue weighted by molar-refractivity contribution is 5.94. The Kier molecular flexibility index (Phi) is 1.97. The van der Waals surface area contributed by atoms with Gasteiger partial charge in [-0.25, -0.2) is 0 Å². The summed E-state index contributed by atoms with van der Waals surface area (Å²) >= 11 is 0. The zero-order chi connectivity index (χ0) is 11.3. The summed E-state index contributed by atoms with van der Waals surface area (Å²) in [6.07, 6.45) is 3.72. The van der Waals surface area contributed by atoms with Gasteiger partial charge in [0.25, 0.3) is 5.91 Å². The van der Waals surface area contributed by atoms with E-state index in [0.29, 0.717) is 30.5 Å². The number of nitrogens with zero attached hydrogens (tertiary/aromatic N) is 2. The summed E-state index contributed by atoms with van der Waals surface area (Å²) in [7, 11) is 0. The molecule has 0 unspecified atom stereocenters. The molecule has 0 radical (unpaired) electrons. The second kappa shape index (κ2) is 3.25. The zero-order valence-corrected chi connectivity index (χ0v) is 8.97. The molecule has 16 heavy (non-hydrogen) atoms. The van der Waals surface area contributed by atoms with E-state index in [1.807, 2.05) is 10.8 Å². The van der Waals surface area contributed by atoms with E-state index >= 15 is 0 Å². The third-order valence-electron chi connectivity index (χ3n) is 3.18. The Bertz CT molecular complexity index is 430. The number of β-amino-alcohol motifs (C(OH)–C–C–N with tert-alkyl or cyclic N) is 1. The lowest BCUT2D eigenvalue weighted by atomic mass is 10.1. The molecule has 0 bridgehead atoms. The minimum absolute atomic E-state index is 0.0195. The monoisotopic (exact) mass is 221 g/mol. The summed E-state index contributed by atoms with van der Waals surface area (Å²) in [4.78, 5) is 13.7. The van der Waals surface area contributed by atoms with Crippen LogP contribution in [0.4, 0.5) is 5.69 Å². The van der Waals surface area contributed by atoms with Gasteiger partial charge >= 0.3 is 0 Å². The maximum Gasteiger partial charge on any atom is 0.270 e. The van der Waals surface area contributed by atoms with Crippen LogP contribution in [0.25, 0.3) is 0 Å². The summed E-state index contributed by atoms with van der Waals surface area (Å²) in [5.74, 6) is -0.0195. The molecule has 2 aliphatic rings. The zero-order valence-electron chi connectivity index (χ0n) is 8.97. The Labute approximate surface area is 93.4 Å². The molecule has 1 aliphatic heterocycles. The number of nitrogens with two attached hydrogens (primary N) is 1. The van der Waals surface area contributed by atoms with Crippen LogP contribution in [0.3, 0.4) is 0 Å². The van der Waals surface area contributed by atoms with Gasteiger partial charge in [0.05, 0.1) is 11.8 Å². The molecular weight excluding hydrogens is 206 g/mol. The normalized spacial score (nSPS) is 20.9. The van der Waals surface area contributed by atoms with Crippen molar-refractivity contribution in [1.29, 1.82) is 0 Å². The van der Waals surface area contributed by atoms with Gasteiger partial charge in [-0.2, -0.15) is 0 Å². The summed E-state index contributed by atoms with van der Waals surface area (Å²) in [5.41, 5.74) is 7.02. The van der Waals surface area contributed by atoms with Gasteiger partial charge in [0.2, 0.25) is 0 Å². The van der Waals surface area contributed by atoms with Crippen LogP contribution in [-0.2, 0) is 0 Å². The van der Waals surface area contributed by atoms with Crippen molar-refractivity contribution in [2.75, 3.05) is 18.8 Å². The predicted octanol–water partition coefficient (Wildman–Crippen LogP) is 0.222. The van der Waals surface area contributed by atoms with E-state index in [2.05, 4.69) is 0 Å². The molecule has 1 amide bonds. The van der Waals surface area contributed by atoms with Crippen LogP contribution in [0.2, 0.25) is 0 Å². The van der Waals surface area contributed by atoms with Crippen LogP contribution < -0.4 is 5.73 Å². The molecule has 0 aromatic carbocycles. The van der Waals surface area contributed by atoms with Gasteiger partial charge in [0.15, 0.2) is 0 Å². The lowest BCUT2D eigenvalue weighted by molar-refractivity contribution is 0.00518. The largest absolute Gasteiger partial charge is 0.397 e. The Hall–Kier alpha value is -1.49. The van der Waals surface area contributed by atoms with Crippen LogP contribution in [0, 0.1) is 0 Å². The highest BCUT2D eigenvalue weighted by Crippen LogP contribution is 2.37. The van der Waals surface area contributed by atoms with Crippen molar-refractivity contribution in [2.45, 2.75) is 25.0 Å². The summed E-state index contributed by atoms with van der Waals surface area (Å²) < 4.78 is 1.97. The summed E-state index contributed by atoms with van der Waals surface area (Å²) in [6.45, 7) is 0.878. The van der Waals surface area contributed by atoms with Crippen molar-refractivity contribution in [3.63, 3.8) is 0 Å². The molecular formula is C11H15N3O2. The van der Waals surface area contributed by atoms with Crippen molar-refractivity contribution in [3.8, 4) is 0 Å². The molecule has 1 aliphatic carbocycles. The smallest absolute Gasteiger partial charge is 0.270 e. The van der Waals surface area contributed by atoms with Gasteiger partial charge in [-0.1, -0.05) is 0 Å². The number of hydrogen-bond donors (Lipinski definition) is 2. The third kappa shape index (κ3) is 1.48. The molecule has 1 saturated carbocycles. The number of aliphatic hydroxyl groups excluding tert-OH is 1. The molecule has 1 aromatic rings. The lowest BCUT2D eigenvalue weighted by Gasteiger charge is -2.35. The van der Waals surface area contributed by atoms with Crippen molar-refractivity contribution in [3.05, 3.63) is 18.0 Å². The van der Waals surface area contributed by atoms with Crippen molar-refractivity contribution < 1.29 is 9.90 Å². The SMILES string of the molecule is Nc1cc(C(=O)N2CC(O)C2)n(C2CC2)c1. The maximum atomic E-state index is 12.1. The molecule has 0 atom stereocenters. The Morgan fingerprint density at radius 1 is 1.44 bits per heavy atom. The Morgan fingerprint density at radius 3 is 2.69 bits per heavy atom. The van der Waals surface area contributed by atoms with E-state index in [9.17, 15) is 9.90 Å². The quantitative estimate of drug-likeness (QED) is 0.750. The van der Waals surface area contributed by atoms with E-state index in [1.54, 1.807) is 11.0 Å². The number of hydrogen-bond acceptors (Lipinski definition) is 3. The first-order valence-corrected chi connectivity index (χ1v) is 5.60. The fraction of sp³-hybridized carbons (Fsp3) is 0.545. The molecule has 5 nitrogen and oxygen atoms in total. The first-order chi connectivity index (χ1) is 7.65. The van der Waals surface area contributed by atoms with Gasteiger partial charge in [-0.05, 0) is 18.9 Å². The number of likely N-dealkylation sites (tertiary alicyclic amines) is 1. The molecule has 2 heterocycles. The molecule has 1 saturated heterocycles. The van der Waals surface area contributed by atoms with Gasteiger partial charge < -0.3 is 20.3 Å². The van der Waals surface area contributed by atoms with Crippen LogP contribution in [0.5, 0.6) is 0 Å². The topological polar surface area (TPSA) is 71.5 Å². The summed E-state index contributed by atoms with van der Waals surface area (Å²) in [5, 5.41) is 9.18. The highest BCUT2D eigenvalue weighted by atomic mass is 16.3. The second-order valence-corrected chi connectivity index (χ2v) is 4.66. The van der Waals surface area contributed by atoms with Gasteiger partial charge in [0.1, 0.15) is 5.69 Å². The van der Waals surface area contributed by atoms with Crippen molar-refractivity contribution >= 4 is 11.6 Å². The van der Waals surface area contributed by atoms with Gasteiger partial charge in [-0.15, -0.1) is 0 Å². The average molecular weight is 221 g/mol. The fourth-order valence-corrected chi connectivity index (χ4v) is 2.11. The summed E-state index contributed by atoms with van der Waals surface area (Å²) in [6, 6.07) is 2.17. The van der Waals surface area contributed by atoms with Crippen LogP contribution in [-0.4, -0.2) is 39.7 Å². The fourth-order valence-electron chi connectivity index (χ4n) is 2.11. The number of carbonyl (C=O) groups is 1. The van der Waals surface area contributed by atoms with E-state index in [1.165, 1.54) is 0 Å². The number of nitrogen functional groups attached to an aromatic ring is 1. The first kappa shape index (κ1) is 9.72. The van der Waals surface area contributed by atoms with Gasteiger partial charge in [0, 0.05) is 25.3 Å². The maximum absolute atomic E-state index is 12.1. The number of anilines is 1. The minimum Gasteiger partial charge on any atom is -0.397 e. The molecule has 3 rings (SSSR count). The van der Waals surface area contributed by atoms with Crippen molar-refractivity contribution in [2.24, 2.45) is 0 Å². The van der Waals surface area contributed by atoms with Crippen molar-refractivity contribution in [1.82, 2.24) is 9.47 Å². The average Bonchev–Trinajstić information content (AvgIpc) is 2.97. The Morgan fingerprint density at radius 2 is 2.12 bits per heavy atom. The van der Waals surface area contributed by atoms with Crippen LogP contribution in [0.15, 0.2) is 12.3 Å². The van der Waals surface area contributed by atoms with E-state index in [0.717, 1.165) is 12.8 Å². The lowest BCUT2D eigenvalue weighted by Crippen LogP contribution is -2.53. The molecule has 5 heteroatoms. The number of rotatable bonds is 2. The molecule has 1 aromatic heterocycles. The number of aliphatic hydroxyl groups is 1. The molecule has 86 valence electrons. The molecule has 3 N–H and O–H groups in total. The molecule has 0 spiro atoms. The first-order valence-electron chi connectivity index (χ1n) is 5.60. The second-order valence-electron chi connectivity index (χ2n) is 4.66. The van der Waals surface area contributed by atoms with Gasteiger partial charge in [-0.3, -0.25) is 4.79 Å². The van der Waals surface area contributed by atoms with Crippen LogP contribution >= 0.6 is 0 Å². The molecule has 2 fully saturated rings. The van der Waals surface area contributed by atoms with Crippen LogP contribution in [0.1, 0.15) is 29.4 Å². The predicted molar refractivity (Wildman–Crippen MR) is 59.0 cm³/mol. The standard InChI is InChI=1S/C11H15N3O2/c12-7-3-10(14(4-7)8-1-2-8)11(16)13-5-9(15)6-13/h3-4,8-9,15H,1-2,5-6,12H2.